The average Bonchev–Trinajstić information content (AvgIpc) is 3.28. The number of sulfonamides is 1. The molecule has 0 atom stereocenters. The largest absolute Gasteiger partial charge is 0.395 e. The molecule has 0 spiro atoms. The molecule has 0 aromatic carbocycles. The van der Waals surface area contributed by atoms with Crippen LogP contribution in [-0.4, -0.2) is 79.9 Å². The molecule has 2 rings (SSSR count). The van der Waals surface area contributed by atoms with Crippen molar-refractivity contribution in [2.45, 2.75) is 25.3 Å². The molecule has 1 saturated carbocycles. The molecule has 20 heavy (non-hydrogen) atoms. The standard InChI is InChI=1S/C12H22N2O5S/c15-7-4-14(11-1-2-11)12(16)3-10-20(17,18)13-5-8-19-9-6-13/h11,15H,1-10H2. The molecule has 0 aromatic heterocycles. The van der Waals surface area contributed by atoms with Crippen LogP contribution >= 0.6 is 0 Å². The first kappa shape index (κ1) is 15.7. The van der Waals surface area contributed by atoms with Gasteiger partial charge in [0.1, 0.15) is 0 Å². The molecule has 7 nitrogen and oxygen atoms in total. The van der Waals surface area contributed by atoms with Crippen LogP contribution in [0.25, 0.3) is 0 Å². The van der Waals surface area contributed by atoms with Gasteiger partial charge >= 0.3 is 0 Å². The molecule has 0 aromatic rings. The second-order valence-electron chi connectivity index (χ2n) is 5.12. The number of amides is 1. The minimum atomic E-state index is -3.39. The van der Waals surface area contributed by atoms with E-state index in [1.165, 1.54) is 4.31 Å². The number of morpholine rings is 1. The summed E-state index contributed by atoms with van der Waals surface area (Å²) in [5.41, 5.74) is 0. The minimum Gasteiger partial charge on any atom is -0.395 e. The lowest BCUT2D eigenvalue weighted by Crippen LogP contribution is -2.43. The summed E-state index contributed by atoms with van der Waals surface area (Å²) in [6.45, 7) is 1.75. The van der Waals surface area contributed by atoms with Crippen LogP contribution in [0, 0.1) is 0 Å². The Morgan fingerprint density at radius 1 is 1.30 bits per heavy atom. The van der Waals surface area contributed by atoms with Crippen LogP contribution in [0.5, 0.6) is 0 Å². The molecule has 0 radical (unpaired) electrons. The fraction of sp³-hybridized carbons (Fsp3) is 0.917. The van der Waals surface area contributed by atoms with Crippen molar-refractivity contribution in [2.24, 2.45) is 0 Å². The summed E-state index contributed by atoms with van der Waals surface area (Å²) in [4.78, 5) is 13.7. The molecule has 1 N–H and O–H groups in total. The first-order valence-corrected chi connectivity index (χ1v) is 8.61. The van der Waals surface area contributed by atoms with Gasteiger partial charge in [-0.2, -0.15) is 4.31 Å². The van der Waals surface area contributed by atoms with Gasteiger partial charge in [0, 0.05) is 32.1 Å². The Hall–Kier alpha value is -0.700. The number of aliphatic hydroxyl groups is 1. The van der Waals surface area contributed by atoms with Crippen molar-refractivity contribution >= 4 is 15.9 Å². The van der Waals surface area contributed by atoms with E-state index in [1.54, 1.807) is 4.90 Å². The van der Waals surface area contributed by atoms with E-state index in [1.807, 2.05) is 0 Å². The molecule has 1 saturated heterocycles. The second kappa shape index (κ2) is 6.84. The Kier molecular flexibility index (Phi) is 5.36. The third-order valence-electron chi connectivity index (χ3n) is 3.59. The lowest BCUT2D eigenvalue weighted by atomic mass is 10.3. The molecular formula is C12H22N2O5S. The number of carbonyl (C=O) groups is 1. The summed E-state index contributed by atoms with van der Waals surface area (Å²) in [6.07, 6.45) is 1.88. The quantitative estimate of drug-likeness (QED) is 0.653. The van der Waals surface area contributed by atoms with E-state index in [4.69, 9.17) is 9.84 Å². The molecule has 2 fully saturated rings. The van der Waals surface area contributed by atoms with Gasteiger partial charge in [-0.3, -0.25) is 4.79 Å². The molecule has 8 heteroatoms. The fourth-order valence-corrected chi connectivity index (χ4v) is 3.71. The van der Waals surface area contributed by atoms with Crippen LogP contribution in [0.15, 0.2) is 0 Å². The summed E-state index contributed by atoms with van der Waals surface area (Å²) >= 11 is 0. The number of carbonyl (C=O) groups excluding carboxylic acids is 1. The molecule has 1 aliphatic carbocycles. The topological polar surface area (TPSA) is 87.2 Å². The van der Waals surface area contributed by atoms with Gasteiger partial charge in [0.15, 0.2) is 0 Å². The molecule has 0 unspecified atom stereocenters. The maximum atomic E-state index is 12.1. The molecule has 2 aliphatic rings. The normalized spacial score (nSPS) is 20.9. The number of ether oxygens (including phenoxy) is 1. The number of hydrogen-bond acceptors (Lipinski definition) is 5. The minimum absolute atomic E-state index is 0.0177. The first-order valence-electron chi connectivity index (χ1n) is 7.00. The van der Waals surface area contributed by atoms with Gasteiger partial charge in [-0.05, 0) is 12.8 Å². The van der Waals surface area contributed by atoms with E-state index in [0.29, 0.717) is 32.8 Å². The Morgan fingerprint density at radius 3 is 2.50 bits per heavy atom. The summed E-state index contributed by atoms with van der Waals surface area (Å²) in [6, 6.07) is 0.195. The van der Waals surface area contributed by atoms with Crippen molar-refractivity contribution in [3.63, 3.8) is 0 Å². The van der Waals surface area contributed by atoms with Crippen molar-refractivity contribution in [2.75, 3.05) is 45.2 Å². The van der Waals surface area contributed by atoms with Crippen LogP contribution in [0.1, 0.15) is 19.3 Å². The summed E-state index contributed by atoms with van der Waals surface area (Å²) in [5.74, 6) is -0.348. The van der Waals surface area contributed by atoms with E-state index in [0.717, 1.165) is 12.8 Å². The molecule has 0 bridgehead atoms. The zero-order valence-corrected chi connectivity index (χ0v) is 12.3. The van der Waals surface area contributed by atoms with Gasteiger partial charge in [-0.1, -0.05) is 0 Å². The molecule has 1 aliphatic heterocycles. The maximum Gasteiger partial charge on any atom is 0.223 e. The second-order valence-corrected chi connectivity index (χ2v) is 7.21. The van der Waals surface area contributed by atoms with Crippen LogP contribution in [-0.2, 0) is 19.6 Å². The highest BCUT2D eigenvalue weighted by Crippen LogP contribution is 2.27. The highest BCUT2D eigenvalue weighted by Gasteiger charge is 2.33. The summed E-state index contributed by atoms with van der Waals surface area (Å²) in [7, 11) is -3.39. The lowest BCUT2D eigenvalue weighted by molar-refractivity contribution is -0.131. The van der Waals surface area contributed by atoms with Crippen LogP contribution in [0.4, 0.5) is 0 Å². The van der Waals surface area contributed by atoms with Crippen molar-refractivity contribution in [3.05, 3.63) is 0 Å². The fourth-order valence-electron chi connectivity index (χ4n) is 2.32. The number of nitrogens with zero attached hydrogens (tertiary/aromatic N) is 2. The van der Waals surface area contributed by atoms with E-state index < -0.39 is 10.0 Å². The smallest absolute Gasteiger partial charge is 0.223 e. The van der Waals surface area contributed by atoms with Crippen LogP contribution in [0.2, 0.25) is 0 Å². The third kappa shape index (κ3) is 4.15. The SMILES string of the molecule is O=C(CCS(=O)(=O)N1CCOCC1)N(CCO)C1CC1. The van der Waals surface area contributed by atoms with Gasteiger partial charge in [0.2, 0.25) is 15.9 Å². The zero-order valence-electron chi connectivity index (χ0n) is 11.5. The van der Waals surface area contributed by atoms with Crippen LogP contribution < -0.4 is 0 Å². The predicted octanol–water partition coefficient (Wildman–Crippen LogP) is -0.978. The number of rotatable bonds is 7. The Morgan fingerprint density at radius 2 is 1.95 bits per heavy atom. The van der Waals surface area contributed by atoms with E-state index >= 15 is 0 Å². The van der Waals surface area contributed by atoms with E-state index in [9.17, 15) is 13.2 Å². The molecule has 116 valence electrons. The molecule has 1 amide bonds. The van der Waals surface area contributed by atoms with Crippen molar-refractivity contribution < 1.29 is 23.1 Å². The van der Waals surface area contributed by atoms with Crippen molar-refractivity contribution in [3.8, 4) is 0 Å². The number of aliphatic hydroxyl groups excluding tert-OH is 1. The zero-order chi connectivity index (χ0) is 14.6. The summed E-state index contributed by atoms with van der Waals surface area (Å²) < 4.78 is 30.7. The predicted molar refractivity (Wildman–Crippen MR) is 72.6 cm³/mol. The Bertz CT molecular complexity index is 429. The van der Waals surface area contributed by atoms with Gasteiger partial charge in [0.25, 0.3) is 0 Å². The Labute approximate surface area is 119 Å². The van der Waals surface area contributed by atoms with Gasteiger partial charge in [-0.25, -0.2) is 8.42 Å². The summed E-state index contributed by atoms with van der Waals surface area (Å²) in [5, 5.41) is 8.96. The van der Waals surface area contributed by atoms with Gasteiger partial charge < -0.3 is 14.7 Å². The van der Waals surface area contributed by atoms with E-state index in [2.05, 4.69) is 0 Å². The van der Waals surface area contributed by atoms with Gasteiger partial charge in [-0.15, -0.1) is 0 Å². The van der Waals surface area contributed by atoms with Crippen LogP contribution in [0.3, 0.4) is 0 Å². The molecular weight excluding hydrogens is 284 g/mol. The highest BCUT2D eigenvalue weighted by molar-refractivity contribution is 7.89. The highest BCUT2D eigenvalue weighted by atomic mass is 32.2. The molecule has 1 heterocycles. The maximum absolute atomic E-state index is 12.1. The number of hydrogen-bond donors (Lipinski definition) is 1. The lowest BCUT2D eigenvalue weighted by Gasteiger charge is -2.26. The first-order chi connectivity index (χ1) is 9.54. The van der Waals surface area contributed by atoms with Crippen molar-refractivity contribution in [1.29, 1.82) is 0 Å². The monoisotopic (exact) mass is 306 g/mol. The Balaban J connectivity index is 1.84. The average molecular weight is 306 g/mol. The third-order valence-corrected chi connectivity index (χ3v) is 5.46. The van der Waals surface area contributed by atoms with Gasteiger partial charge in [0.05, 0.1) is 25.6 Å². The van der Waals surface area contributed by atoms with Crippen molar-refractivity contribution in [1.82, 2.24) is 9.21 Å². The van der Waals surface area contributed by atoms with E-state index in [-0.39, 0.29) is 30.7 Å².